The summed E-state index contributed by atoms with van der Waals surface area (Å²) in [6.07, 6.45) is 5.23. The fraction of sp³-hybridized carbons (Fsp3) is 0.455. The Morgan fingerprint density at radius 3 is 3.00 bits per heavy atom. The molecule has 0 radical (unpaired) electrons. The van der Waals surface area contributed by atoms with Crippen LogP contribution < -0.4 is 11.1 Å². The lowest BCUT2D eigenvalue weighted by molar-refractivity contribution is 0.569. The van der Waals surface area contributed by atoms with Gasteiger partial charge in [0.05, 0.1) is 6.20 Å². The van der Waals surface area contributed by atoms with Gasteiger partial charge in [0, 0.05) is 31.8 Å². The first-order chi connectivity index (χ1) is 8.78. The average molecular weight is 247 g/mol. The van der Waals surface area contributed by atoms with Crippen molar-refractivity contribution in [2.24, 2.45) is 0 Å². The second kappa shape index (κ2) is 5.95. The Labute approximate surface area is 105 Å². The van der Waals surface area contributed by atoms with Gasteiger partial charge in [-0.3, -0.25) is 4.68 Å². The van der Waals surface area contributed by atoms with Crippen LogP contribution in [0.5, 0.6) is 0 Å². The van der Waals surface area contributed by atoms with E-state index in [0.717, 1.165) is 37.6 Å². The Kier molecular flexibility index (Phi) is 4.06. The van der Waals surface area contributed by atoms with Gasteiger partial charge in [0.1, 0.15) is 17.5 Å². The highest BCUT2D eigenvalue weighted by Gasteiger charge is 2.00. The van der Waals surface area contributed by atoms with Gasteiger partial charge in [-0.2, -0.15) is 0 Å². The summed E-state index contributed by atoms with van der Waals surface area (Å²) in [6.45, 7) is 3.64. The summed E-state index contributed by atoms with van der Waals surface area (Å²) in [6, 6.07) is 1.74. The van der Waals surface area contributed by atoms with Gasteiger partial charge >= 0.3 is 0 Å². The molecule has 7 nitrogen and oxygen atoms in total. The maximum atomic E-state index is 5.70. The number of rotatable bonds is 6. The smallest absolute Gasteiger partial charge is 0.132 e. The highest BCUT2D eigenvalue weighted by atomic mass is 15.4. The van der Waals surface area contributed by atoms with Gasteiger partial charge in [-0.05, 0) is 6.42 Å². The van der Waals surface area contributed by atoms with Crippen molar-refractivity contribution in [1.29, 1.82) is 0 Å². The Hall–Kier alpha value is -2.18. The van der Waals surface area contributed by atoms with Gasteiger partial charge in [0.2, 0.25) is 0 Å². The molecule has 0 fully saturated rings. The third-order valence-corrected chi connectivity index (χ3v) is 2.45. The molecule has 0 spiro atoms. The van der Waals surface area contributed by atoms with E-state index in [4.69, 9.17) is 5.73 Å². The van der Waals surface area contributed by atoms with E-state index < -0.39 is 0 Å². The molecule has 0 saturated heterocycles. The van der Waals surface area contributed by atoms with Crippen molar-refractivity contribution in [2.75, 3.05) is 17.6 Å². The Morgan fingerprint density at radius 1 is 1.39 bits per heavy atom. The number of hydrogen-bond acceptors (Lipinski definition) is 6. The number of nitrogens with one attached hydrogen (secondary N) is 1. The molecule has 2 heterocycles. The molecule has 2 aromatic heterocycles. The number of nitrogens with zero attached hydrogens (tertiary/aromatic N) is 5. The topological polar surface area (TPSA) is 94.5 Å². The number of hydrogen-bond donors (Lipinski definition) is 2. The highest BCUT2D eigenvalue weighted by molar-refractivity contribution is 5.44. The lowest BCUT2D eigenvalue weighted by Crippen LogP contribution is -2.10. The van der Waals surface area contributed by atoms with E-state index >= 15 is 0 Å². The van der Waals surface area contributed by atoms with Gasteiger partial charge in [-0.25, -0.2) is 9.97 Å². The number of nitrogen functional groups attached to an aromatic ring is 1. The zero-order chi connectivity index (χ0) is 12.8. The number of nitrogens with two attached hydrogens (primary N) is 1. The third-order valence-electron chi connectivity index (χ3n) is 2.45. The van der Waals surface area contributed by atoms with Crippen molar-refractivity contribution in [2.45, 2.75) is 26.3 Å². The summed E-state index contributed by atoms with van der Waals surface area (Å²) < 4.78 is 1.80. The summed E-state index contributed by atoms with van der Waals surface area (Å²) in [7, 11) is 0. The molecule has 0 bridgehead atoms. The summed E-state index contributed by atoms with van der Waals surface area (Å²) in [5.41, 5.74) is 5.70. The van der Waals surface area contributed by atoms with Crippen molar-refractivity contribution in [3.63, 3.8) is 0 Å². The van der Waals surface area contributed by atoms with Crippen LogP contribution in [0.3, 0.4) is 0 Å². The molecule has 0 aliphatic carbocycles. The fourth-order valence-electron chi connectivity index (χ4n) is 1.58. The molecule has 2 aromatic rings. The van der Waals surface area contributed by atoms with Gasteiger partial charge in [0.25, 0.3) is 0 Å². The van der Waals surface area contributed by atoms with Crippen molar-refractivity contribution >= 4 is 11.6 Å². The Bertz CT molecular complexity index is 480. The van der Waals surface area contributed by atoms with Crippen LogP contribution in [-0.2, 0) is 13.0 Å². The summed E-state index contributed by atoms with van der Waals surface area (Å²) in [4.78, 5) is 8.48. The first-order valence-corrected chi connectivity index (χ1v) is 5.99. The molecule has 0 saturated carbocycles. The van der Waals surface area contributed by atoms with E-state index in [1.54, 1.807) is 16.9 Å². The number of anilines is 2. The number of aromatic nitrogens is 5. The molecule has 2 rings (SSSR count). The van der Waals surface area contributed by atoms with E-state index in [0.29, 0.717) is 5.82 Å². The first-order valence-electron chi connectivity index (χ1n) is 5.99. The molecule has 0 unspecified atom stereocenters. The third kappa shape index (κ3) is 3.41. The molecule has 0 aliphatic rings. The van der Waals surface area contributed by atoms with Gasteiger partial charge < -0.3 is 11.1 Å². The van der Waals surface area contributed by atoms with E-state index in [1.807, 2.05) is 13.1 Å². The van der Waals surface area contributed by atoms with Crippen LogP contribution >= 0.6 is 0 Å². The van der Waals surface area contributed by atoms with Crippen LogP contribution in [0.2, 0.25) is 0 Å². The second-order valence-corrected chi connectivity index (χ2v) is 3.89. The molecule has 18 heavy (non-hydrogen) atoms. The predicted octanol–water partition coefficient (Wildman–Crippen LogP) is 0.715. The minimum atomic E-state index is 0.501. The van der Waals surface area contributed by atoms with Gasteiger partial charge in [-0.15, -0.1) is 5.10 Å². The van der Waals surface area contributed by atoms with Gasteiger partial charge in [-0.1, -0.05) is 12.1 Å². The minimum Gasteiger partial charge on any atom is -0.384 e. The minimum absolute atomic E-state index is 0.501. The van der Waals surface area contributed by atoms with Crippen LogP contribution in [-0.4, -0.2) is 31.5 Å². The van der Waals surface area contributed by atoms with Gasteiger partial charge in [0.15, 0.2) is 0 Å². The lowest BCUT2D eigenvalue weighted by atomic mass is 10.4. The zero-order valence-electron chi connectivity index (χ0n) is 10.4. The Morgan fingerprint density at radius 2 is 2.28 bits per heavy atom. The monoisotopic (exact) mass is 247 g/mol. The summed E-state index contributed by atoms with van der Waals surface area (Å²) in [5.74, 6) is 2.03. The van der Waals surface area contributed by atoms with E-state index in [1.165, 1.54) is 0 Å². The van der Waals surface area contributed by atoms with Crippen LogP contribution in [0.15, 0.2) is 18.5 Å². The molecular formula is C11H17N7. The van der Waals surface area contributed by atoms with Crippen molar-refractivity contribution in [1.82, 2.24) is 25.0 Å². The predicted molar refractivity (Wildman–Crippen MR) is 69.0 cm³/mol. The van der Waals surface area contributed by atoms with Crippen molar-refractivity contribution in [3.05, 3.63) is 24.3 Å². The molecule has 0 aromatic carbocycles. The molecule has 0 atom stereocenters. The quantitative estimate of drug-likeness (QED) is 0.730. The zero-order valence-corrected chi connectivity index (χ0v) is 10.4. The molecule has 96 valence electrons. The first kappa shape index (κ1) is 12.3. The SMILES string of the molecule is CCc1nc(N)cc(NCCCn2ccnn2)n1. The van der Waals surface area contributed by atoms with Crippen molar-refractivity contribution in [3.8, 4) is 0 Å². The maximum absolute atomic E-state index is 5.70. The maximum Gasteiger partial charge on any atom is 0.132 e. The molecule has 0 amide bonds. The fourth-order valence-corrected chi connectivity index (χ4v) is 1.58. The average Bonchev–Trinajstić information content (AvgIpc) is 2.87. The standard InChI is InChI=1S/C11H17N7/c1-2-10-15-9(12)8-11(16-10)13-4-3-6-18-7-5-14-17-18/h5,7-8H,2-4,6H2,1H3,(H3,12,13,15,16). The molecule has 0 aliphatic heterocycles. The lowest BCUT2D eigenvalue weighted by Gasteiger charge is -2.07. The van der Waals surface area contributed by atoms with Crippen LogP contribution in [0, 0.1) is 0 Å². The van der Waals surface area contributed by atoms with E-state index in [-0.39, 0.29) is 0 Å². The van der Waals surface area contributed by atoms with E-state index in [9.17, 15) is 0 Å². The van der Waals surface area contributed by atoms with Crippen molar-refractivity contribution < 1.29 is 0 Å². The molecule has 7 heteroatoms. The molecular weight excluding hydrogens is 230 g/mol. The second-order valence-electron chi connectivity index (χ2n) is 3.89. The summed E-state index contributed by atoms with van der Waals surface area (Å²) >= 11 is 0. The largest absolute Gasteiger partial charge is 0.384 e. The van der Waals surface area contributed by atoms with Crippen LogP contribution in [0.4, 0.5) is 11.6 Å². The Balaban J connectivity index is 1.81. The van der Waals surface area contributed by atoms with Crippen LogP contribution in [0.25, 0.3) is 0 Å². The molecule has 3 N–H and O–H groups in total. The van der Waals surface area contributed by atoms with E-state index in [2.05, 4.69) is 25.6 Å². The highest BCUT2D eigenvalue weighted by Crippen LogP contribution is 2.08. The summed E-state index contributed by atoms with van der Waals surface area (Å²) in [5, 5.41) is 10.9. The number of aryl methyl sites for hydroxylation is 2. The van der Waals surface area contributed by atoms with Crippen LogP contribution in [0.1, 0.15) is 19.2 Å². The normalized spacial score (nSPS) is 10.5.